The minimum absolute atomic E-state index is 0.0733. The van der Waals surface area contributed by atoms with E-state index in [1.807, 2.05) is 6.07 Å². The molecule has 0 bridgehead atoms. The highest BCUT2D eigenvalue weighted by Gasteiger charge is 2.11. The summed E-state index contributed by atoms with van der Waals surface area (Å²) in [6.07, 6.45) is 4.09. The number of ether oxygens (including phenoxy) is 1. The van der Waals surface area contributed by atoms with Gasteiger partial charge < -0.3 is 9.84 Å². The van der Waals surface area contributed by atoms with Crippen LogP contribution in [-0.2, 0) is 0 Å². The van der Waals surface area contributed by atoms with Crippen molar-refractivity contribution < 1.29 is 14.6 Å². The quantitative estimate of drug-likeness (QED) is 0.799. The average Bonchev–Trinajstić information content (AvgIpc) is 2.51. The molecule has 0 amide bonds. The van der Waals surface area contributed by atoms with Gasteiger partial charge >= 0.3 is 5.97 Å². The summed E-state index contributed by atoms with van der Waals surface area (Å²) in [7, 11) is 0. The van der Waals surface area contributed by atoms with Crippen LogP contribution in [0.25, 0.3) is 10.9 Å². The van der Waals surface area contributed by atoms with E-state index in [9.17, 15) is 4.79 Å². The number of pyridine rings is 1. The Morgan fingerprint density at radius 2 is 2.10 bits per heavy atom. The fraction of sp³-hybridized carbons (Fsp3) is 0. The van der Waals surface area contributed by atoms with E-state index in [1.54, 1.807) is 24.4 Å². The maximum atomic E-state index is 10.9. The Balaban J connectivity index is 2.04. The van der Waals surface area contributed by atoms with Crippen LogP contribution < -0.4 is 4.74 Å². The number of nitrogens with zero attached hydrogens (tertiary/aromatic N) is 3. The van der Waals surface area contributed by atoms with Gasteiger partial charge in [0.15, 0.2) is 11.4 Å². The van der Waals surface area contributed by atoms with Crippen molar-refractivity contribution in [2.75, 3.05) is 0 Å². The lowest BCUT2D eigenvalue weighted by Gasteiger charge is -2.08. The molecule has 21 heavy (non-hydrogen) atoms. The fourth-order valence-electron chi connectivity index (χ4n) is 1.81. The van der Waals surface area contributed by atoms with Crippen LogP contribution in [0.2, 0.25) is 5.02 Å². The highest BCUT2D eigenvalue weighted by atomic mass is 35.5. The van der Waals surface area contributed by atoms with Gasteiger partial charge in [0, 0.05) is 11.6 Å². The Bertz CT molecular complexity index is 839. The van der Waals surface area contributed by atoms with Gasteiger partial charge in [-0.15, -0.1) is 0 Å². The number of rotatable bonds is 3. The van der Waals surface area contributed by atoms with Crippen LogP contribution in [0.15, 0.2) is 42.9 Å². The monoisotopic (exact) mass is 301 g/mol. The molecule has 1 aromatic carbocycles. The Labute approximate surface area is 124 Å². The molecule has 104 valence electrons. The van der Waals surface area contributed by atoms with Crippen LogP contribution in [0, 0.1) is 0 Å². The summed E-state index contributed by atoms with van der Waals surface area (Å²) < 4.78 is 5.58. The number of hydrogen-bond acceptors (Lipinski definition) is 5. The first-order valence-electron chi connectivity index (χ1n) is 5.91. The van der Waals surface area contributed by atoms with E-state index in [1.165, 1.54) is 6.20 Å². The van der Waals surface area contributed by atoms with E-state index >= 15 is 0 Å². The third-order valence-electron chi connectivity index (χ3n) is 2.73. The topological polar surface area (TPSA) is 85.2 Å². The minimum atomic E-state index is -1.17. The molecule has 2 heterocycles. The number of carboxylic acids is 1. The Morgan fingerprint density at radius 3 is 2.90 bits per heavy atom. The number of carboxylic acid groups (broad SMARTS) is 1. The minimum Gasteiger partial charge on any atom is -0.476 e. The van der Waals surface area contributed by atoms with Gasteiger partial charge in [-0.3, -0.25) is 9.97 Å². The molecule has 3 aromatic rings. The summed E-state index contributed by atoms with van der Waals surface area (Å²) >= 11 is 6.10. The third-order valence-corrected chi connectivity index (χ3v) is 3.06. The molecule has 0 unspecified atom stereocenters. The summed E-state index contributed by atoms with van der Waals surface area (Å²) in [5.74, 6) is -0.678. The van der Waals surface area contributed by atoms with E-state index in [2.05, 4.69) is 15.0 Å². The summed E-state index contributed by atoms with van der Waals surface area (Å²) in [6, 6.07) is 6.90. The lowest BCUT2D eigenvalue weighted by molar-refractivity contribution is 0.0689. The lowest BCUT2D eigenvalue weighted by Crippen LogP contribution is -2.02. The zero-order chi connectivity index (χ0) is 14.8. The van der Waals surface area contributed by atoms with Crippen molar-refractivity contribution in [1.29, 1.82) is 0 Å². The summed E-state index contributed by atoms with van der Waals surface area (Å²) in [4.78, 5) is 22.7. The van der Waals surface area contributed by atoms with E-state index in [4.69, 9.17) is 21.4 Å². The molecule has 7 heteroatoms. The van der Waals surface area contributed by atoms with Gasteiger partial charge in [0.1, 0.15) is 5.52 Å². The van der Waals surface area contributed by atoms with Gasteiger partial charge in [0.2, 0.25) is 5.88 Å². The normalized spacial score (nSPS) is 10.5. The molecule has 0 saturated heterocycles. The second kappa shape index (κ2) is 5.34. The van der Waals surface area contributed by atoms with E-state index in [-0.39, 0.29) is 11.6 Å². The molecule has 0 aliphatic rings. The first-order valence-corrected chi connectivity index (χ1v) is 6.29. The standard InChI is InChI=1S/C14H8ClN3O3/c15-9-3-4-11(13-8(9)2-1-5-17-13)21-12-7-16-6-10(18-12)14(19)20/h1-7H,(H,19,20). The first-order chi connectivity index (χ1) is 10.1. The van der Waals surface area contributed by atoms with Gasteiger partial charge in [-0.1, -0.05) is 11.6 Å². The van der Waals surface area contributed by atoms with Crippen molar-refractivity contribution in [1.82, 2.24) is 15.0 Å². The van der Waals surface area contributed by atoms with Crippen LogP contribution in [0.3, 0.4) is 0 Å². The zero-order valence-corrected chi connectivity index (χ0v) is 11.3. The number of halogens is 1. The molecule has 0 aliphatic heterocycles. The number of carbonyl (C=O) groups is 1. The predicted octanol–water partition coefficient (Wildman–Crippen LogP) is 3.17. The Kier molecular flexibility index (Phi) is 3.37. The van der Waals surface area contributed by atoms with E-state index < -0.39 is 5.97 Å². The molecule has 6 nitrogen and oxygen atoms in total. The number of aromatic carboxylic acids is 1. The summed E-state index contributed by atoms with van der Waals surface area (Å²) in [5, 5.41) is 10.2. The predicted molar refractivity (Wildman–Crippen MR) is 75.8 cm³/mol. The summed E-state index contributed by atoms with van der Waals surface area (Å²) in [5.41, 5.74) is 0.367. The zero-order valence-electron chi connectivity index (χ0n) is 10.5. The molecule has 2 aromatic heterocycles. The smallest absolute Gasteiger partial charge is 0.356 e. The Hall–Kier alpha value is -2.73. The van der Waals surface area contributed by atoms with Gasteiger partial charge in [0.25, 0.3) is 0 Å². The number of fused-ring (bicyclic) bond motifs is 1. The Morgan fingerprint density at radius 1 is 1.24 bits per heavy atom. The number of benzene rings is 1. The molecular weight excluding hydrogens is 294 g/mol. The SMILES string of the molecule is O=C(O)c1cncc(Oc2ccc(Cl)c3cccnc23)n1. The molecule has 3 rings (SSSR count). The van der Waals surface area contributed by atoms with Crippen molar-refractivity contribution in [3.8, 4) is 11.6 Å². The molecule has 0 fully saturated rings. The average molecular weight is 302 g/mol. The van der Waals surface area contributed by atoms with Gasteiger partial charge in [-0.25, -0.2) is 9.78 Å². The maximum Gasteiger partial charge on any atom is 0.356 e. The highest BCUT2D eigenvalue weighted by Crippen LogP contribution is 2.31. The van der Waals surface area contributed by atoms with Crippen LogP contribution in [-0.4, -0.2) is 26.0 Å². The van der Waals surface area contributed by atoms with Crippen LogP contribution in [0.1, 0.15) is 10.5 Å². The van der Waals surface area contributed by atoms with Crippen molar-refractivity contribution in [2.45, 2.75) is 0 Å². The van der Waals surface area contributed by atoms with Crippen molar-refractivity contribution >= 4 is 28.5 Å². The lowest BCUT2D eigenvalue weighted by atomic mass is 10.2. The van der Waals surface area contributed by atoms with Gasteiger partial charge in [-0.05, 0) is 24.3 Å². The van der Waals surface area contributed by atoms with Crippen molar-refractivity contribution in [3.63, 3.8) is 0 Å². The second-order valence-corrected chi connectivity index (χ2v) is 4.50. The first kappa shape index (κ1) is 13.3. The molecule has 0 aliphatic carbocycles. The fourth-order valence-corrected chi connectivity index (χ4v) is 2.02. The van der Waals surface area contributed by atoms with Crippen LogP contribution in [0.5, 0.6) is 11.6 Å². The highest BCUT2D eigenvalue weighted by molar-refractivity contribution is 6.35. The molecule has 0 spiro atoms. The molecular formula is C14H8ClN3O3. The van der Waals surface area contributed by atoms with Gasteiger partial charge in [-0.2, -0.15) is 0 Å². The van der Waals surface area contributed by atoms with Crippen LogP contribution in [0.4, 0.5) is 0 Å². The number of hydrogen-bond donors (Lipinski definition) is 1. The maximum absolute atomic E-state index is 10.9. The third kappa shape index (κ3) is 2.61. The van der Waals surface area contributed by atoms with E-state index in [0.717, 1.165) is 11.6 Å². The van der Waals surface area contributed by atoms with Crippen molar-refractivity contribution in [2.24, 2.45) is 0 Å². The molecule has 0 radical (unpaired) electrons. The van der Waals surface area contributed by atoms with Crippen molar-refractivity contribution in [3.05, 3.63) is 53.6 Å². The van der Waals surface area contributed by atoms with E-state index in [0.29, 0.717) is 16.3 Å². The molecule has 0 saturated carbocycles. The van der Waals surface area contributed by atoms with Crippen LogP contribution >= 0.6 is 11.6 Å². The largest absolute Gasteiger partial charge is 0.476 e. The van der Waals surface area contributed by atoms with Gasteiger partial charge in [0.05, 0.1) is 17.4 Å². The second-order valence-electron chi connectivity index (χ2n) is 4.09. The summed E-state index contributed by atoms with van der Waals surface area (Å²) in [6.45, 7) is 0. The molecule has 0 atom stereocenters. The number of aromatic nitrogens is 3. The molecule has 1 N–H and O–H groups in total.